The molecule has 0 bridgehead atoms. The molecule has 0 saturated heterocycles. The van der Waals surface area contributed by atoms with Gasteiger partial charge in [-0.25, -0.2) is 4.79 Å². The van der Waals surface area contributed by atoms with Crippen LogP contribution in [-0.4, -0.2) is 25.0 Å². The Bertz CT molecular complexity index is 531. The average molecular weight is 348 g/mol. The highest BCUT2D eigenvalue weighted by Crippen LogP contribution is 2.13. The first-order chi connectivity index (χ1) is 11.5. The fourth-order valence-electron chi connectivity index (χ4n) is 2.18. The predicted octanol–water partition coefficient (Wildman–Crippen LogP) is 5.36. The zero-order chi connectivity index (χ0) is 17.8. The number of rotatable bonds is 12. The summed E-state index contributed by atoms with van der Waals surface area (Å²) in [4.78, 5) is 22.3. The topological polar surface area (TPSA) is 52.6 Å². The number of Topliss-reactive ketones (excluding diaryl/α,β-unsaturated/α-hetero) is 1. The quantitative estimate of drug-likeness (QED) is 0.221. The molecule has 1 aromatic rings. The Morgan fingerprint density at radius 1 is 0.880 bits per heavy atom. The predicted molar refractivity (Wildman–Crippen MR) is 102 cm³/mol. The standard InChI is InChI=1S/C20H28O4.CH4/c1-16(2)20(22)24-15-9-7-5-4-6-8-14-23-19-12-10-18(11-13-19)17(3)21;/h10-13H,1,4-9,14-15H2,2-3H3;1H4. The lowest BCUT2D eigenvalue weighted by Crippen LogP contribution is -2.06. The minimum Gasteiger partial charge on any atom is -0.494 e. The molecular formula is C21H32O4. The van der Waals surface area contributed by atoms with Gasteiger partial charge in [-0.2, -0.15) is 0 Å². The number of ether oxygens (including phenoxy) is 2. The van der Waals surface area contributed by atoms with Crippen LogP contribution in [0.25, 0.3) is 0 Å². The summed E-state index contributed by atoms with van der Waals surface area (Å²) in [5.41, 5.74) is 1.15. The Morgan fingerprint density at radius 2 is 1.40 bits per heavy atom. The Kier molecular flexibility index (Phi) is 12.1. The van der Waals surface area contributed by atoms with E-state index in [4.69, 9.17) is 9.47 Å². The van der Waals surface area contributed by atoms with Crippen LogP contribution in [0, 0.1) is 0 Å². The maximum absolute atomic E-state index is 11.2. The Hall–Kier alpha value is -2.10. The van der Waals surface area contributed by atoms with Gasteiger partial charge in [0.05, 0.1) is 13.2 Å². The van der Waals surface area contributed by atoms with Crippen LogP contribution < -0.4 is 4.74 Å². The normalized spacial score (nSPS) is 9.84. The van der Waals surface area contributed by atoms with E-state index in [9.17, 15) is 9.59 Å². The van der Waals surface area contributed by atoms with E-state index >= 15 is 0 Å². The lowest BCUT2D eigenvalue weighted by molar-refractivity contribution is -0.139. The van der Waals surface area contributed by atoms with Gasteiger partial charge in [0.25, 0.3) is 0 Å². The number of hydrogen-bond donors (Lipinski definition) is 0. The summed E-state index contributed by atoms with van der Waals surface area (Å²) in [6, 6.07) is 7.25. The van der Waals surface area contributed by atoms with E-state index in [2.05, 4.69) is 6.58 Å². The molecule has 0 radical (unpaired) electrons. The third-order valence-electron chi connectivity index (χ3n) is 3.65. The van der Waals surface area contributed by atoms with Crippen molar-refractivity contribution in [3.8, 4) is 5.75 Å². The van der Waals surface area contributed by atoms with E-state index < -0.39 is 0 Å². The van der Waals surface area contributed by atoms with E-state index in [-0.39, 0.29) is 19.2 Å². The van der Waals surface area contributed by atoms with Crippen LogP contribution in [-0.2, 0) is 9.53 Å². The number of carbonyl (C=O) groups excluding carboxylic acids is 2. The molecule has 4 nitrogen and oxygen atoms in total. The fraction of sp³-hybridized carbons (Fsp3) is 0.524. The van der Waals surface area contributed by atoms with E-state index in [0.29, 0.717) is 24.4 Å². The van der Waals surface area contributed by atoms with Crippen molar-refractivity contribution in [1.29, 1.82) is 0 Å². The first-order valence-electron chi connectivity index (χ1n) is 8.57. The third-order valence-corrected chi connectivity index (χ3v) is 3.65. The summed E-state index contributed by atoms with van der Waals surface area (Å²) in [7, 11) is 0. The molecule has 0 aliphatic carbocycles. The Morgan fingerprint density at radius 3 is 1.92 bits per heavy atom. The number of carbonyl (C=O) groups is 2. The summed E-state index contributed by atoms with van der Waals surface area (Å²) in [5.74, 6) is 0.568. The molecule has 0 aliphatic rings. The average Bonchev–Trinajstić information content (AvgIpc) is 2.56. The molecule has 0 amide bonds. The molecule has 0 saturated carbocycles. The number of ketones is 1. The SMILES string of the molecule is C.C=C(C)C(=O)OCCCCCCCCOc1ccc(C(C)=O)cc1. The lowest BCUT2D eigenvalue weighted by Gasteiger charge is -2.07. The maximum atomic E-state index is 11.2. The molecule has 1 aromatic carbocycles. The second-order valence-electron chi connectivity index (χ2n) is 5.97. The van der Waals surface area contributed by atoms with Gasteiger partial charge in [-0.1, -0.05) is 39.7 Å². The second-order valence-corrected chi connectivity index (χ2v) is 5.97. The molecule has 0 unspecified atom stereocenters. The molecule has 1 rings (SSSR count). The molecule has 0 aromatic heterocycles. The fourth-order valence-corrected chi connectivity index (χ4v) is 2.18. The second kappa shape index (κ2) is 13.2. The van der Waals surface area contributed by atoms with Crippen molar-refractivity contribution in [3.05, 3.63) is 42.0 Å². The number of unbranched alkanes of at least 4 members (excludes halogenated alkanes) is 5. The van der Waals surface area contributed by atoms with Crippen LogP contribution in [0.3, 0.4) is 0 Å². The van der Waals surface area contributed by atoms with Crippen LogP contribution in [0.1, 0.15) is 70.2 Å². The van der Waals surface area contributed by atoms with E-state index in [0.717, 1.165) is 44.3 Å². The van der Waals surface area contributed by atoms with Crippen molar-refractivity contribution in [1.82, 2.24) is 0 Å². The molecule has 0 fully saturated rings. The monoisotopic (exact) mass is 348 g/mol. The van der Waals surface area contributed by atoms with Crippen molar-refractivity contribution in [2.45, 2.75) is 59.8 Å². The van der Waals surface area contributed by atoms with Crippen molar-refractivity contribution < 1.29 is 19.1 Å². The van der Waals surface area contributed by atoms with Crippen LogP contribution in [0.2, 0.25) is 0 Å². The van der Waals surface area contributed by atoms with Gasteiger partial charge in [-0.3, -0.25) is 4.79 Å². The summed E-state index contributed by atoms with van der Waals surface area (Å²) < 4.78 is 10.7. The summed E-state index contributed by atoms with van der Waals surface area (Å²) in [6.45, 7) is 7.92. The Labute approximate surface area is 152 Å². The van der Waals surface area contributed by atoms with Crippen molar-refractivity contribution in [2.24, 2.45) is 0 Å². The minimum absolute atomic E-state index is 0. The molecule has 0 atom stereocenters. The third kappa shape index (κ3) is 10.4. The van der Waals surface area contributed by atoms with E-state index in [1.54, 1.807) is 26.0 Å². The van der Waals surface area contributed by atoms with Gasteiger partial charge in [0.1, 0.15) is 5.75 Å². The first kappa shape index (κ1) is 22.9. The summed E-state index contributed by atoms with van der Waals surface area (Å²) in [5, 5.41) is 0. The van der Waals surface area contributed by atoms with Crippen molar-refractivity contribution >= 4 is 11.8 Å². The highest BCUT2D eigenvalue weighted by molar-refractivity contribution is 5.94. The van der Waals surface area contributed by atoms with Crippen LogP contribution >= 0.6 is 0 Å². The zero-order valence-electron chi connectivity index (χ0n) is 14.8. The maximum Gasteiger partial charge on any atom is 0.333 e. The largest absolute Gasteiger partial charge is 0.494 e. The first-order valence-corrected chi connectivity index (χ1v) is 8.57. The molecular weight excluding hydrogens is 316 g/mol. The lowest BCUT2D eigenvalue weighted by atomic mass is 10.1. The molecule has 25 heavy (non-hydrogen) atoms. The van der Waals surface area contributed by atoms with Crippen LogP contribution in [0.5, 0.6) is 5.75 Å². The molecule has 0 aliphatic heterocycles. The number of esters is 1. The van der Waals surface area contributed by atoms with E-state index in [1.165, 1.54) is 0 Å². The van der Waals surface area contributed by atoms with Crippen LogP contribution in [0.4, 0.5) is 0 Å². The summed E-state index contributed by atoms with van der Waals surface area (Å²) in [6.07, 6.45) is 6.39. The van der Waals surface area contributed by atoms with Gasteiger partial charge in [0.15, 0.2) is 5.78 Å². The van der Waals surface area contributed by atoms with Gasteiger partial charge < -0.3 is 9.47 Å². The van der Waals surface area contributed by atoms with Gasteiger partial charge in [0.2, 0.25) is 0 Å². The highest BCUT2D eigenvalue weighted by Gasteiger charge is 2.02. The van der Waals surface area contributed by atoms with Gasteiger partial charge >= 0.3 is 5.97 Å². The number of hydrogen-bond acceptors (Lipinski definition) is 4. The number of benzene rings is 1. The Balaban J connectivity index is 0.00000576. The highest BCUT2D eigenvalue weighted by atomic mass is 16.5. The molecule has 0 N–H and O–H groups in total. The van der Waals surface area contributed by atoms with E-state index in [1.807, 2.05) is 12.1 Å². The van der Waals surface area contributed by atoms with Crippen LogP contribution in [0.15, 0.2) is 36.4 Å². The van der Waals surface area contributed by atoms with Crippen molar-refractivity contribution in [2.75, 3.05) is 13.2 Å². The summed E-state index contributed by atoms with van der Waals surface area (Å²) >= 11 is 0. The molecule has 140 valence electrons. The van der Waals surface area contributed by atoms with Gasteiger partial charge in [-0.05, 0) is 51.0 Å². The molecule has 4 heteroatoms. The smallest absolute Gasteiger partial charge is 0.333 e. The van der Waals surface area contributed by atoms with Crippen molar-refractivity contribution in [3.63, 3.8) is 0 Å². The minimum atomic E-state index is -0.302. The molecule has 0 spiro atoms. The zero-order valence-corrected chi connectivity index (χ0v) is 14.8. The van der Waals surface area contributed by atoms with Gasteiger partial charge in [0, 0.05) is 11.1 Å². The van der Waals surface area contributed by atoms with Gasteiger partial charge in [-0.15, -0.1) is 0 Å². The molecule has 0 heterocycles.